The SMILES string of the molecule is Cc1cc(=O)n(CCCC(C)(C)CN)cn1. The van der Waals surface area contributed by atoms with Crippen LogP contribution in [-0.2, 0) is 6.54 Å². The number of aromatic nitrogens is 2. The second-order valence-corrected chi connectivity index (χ2v) is 5.03. The first-order valence-corrected chi connectivity index (χ1v) is 5.68. The van der Waals surface area contributed by atoms with E-state index in [0.717, 1.165) is 25.1 Å². The quantitative estimate of drug-likeness (QED) is 0.819. The summed E-state index contributed by atoms with van der Waals surface area (Å²) in [6, 6.07) is 1.56. The summed E-state index contributed by atoms with van der Waals surface area (Å²) in [4.78, 5) is 15.7. The summed E-state index contributed by atoms with van der Waals surface area (Å²) in [6.07, 6.45) is 3.59. The van der Waals surface area contributed by atoms with E-state index in [1.807, 2.05) is 6.92 Å². The molecule has 1 aromatic heterocycles. The van der Waals surface area contributed by atoms with Crippen LogP contribution in [0.4, 0.5) is 0 Å². The van der Waals surface area contributed by atoms with Gasteiger partial charge in [0.05, 0.1) is 6.33 Å². The molecule has 1 rings (SSSR count). The minimum absolute atomic E-state index is 0.0260. The van der Waals surface area contributed by atoms with E-state index in [9.17, 15) is 4.79 Å². The lowest BCUT2D eigenvalue weighted by Crippen LogP contribution is -2.25. The standard InChI is InChI=1S/C12H21N3O/c1-10-7-11(16)15(9-14-10)6-4-5-12(2,3)8-13/h7,9H,4-6,8,13H2,1-3H3. The Hall–Kier alpha value is -1.16. The third-order valence-electron chi connectivity index (χ3n) is 2.82. The van der Waals surface area contributed by atoms with E-state index in [-0.39, 0.29) is 11.0 Å². The Balaban J connectivity index is 2.53. The lowest BCUT2D eigenvalue weighted by Gasteiger charge is -2.22. The fourth-order valence-corrected chi connectivity index (χ4v) is 1.51. The molecule has 4 heteroatoms. The van der Waals surface area contributed by atoms with Gasteiger partial charge in [0.15, 0.2) is 0 Å². The summed E-state index contributed by atoms with van der Waals surface area (Å²) in [5.41, 5.74) is 6.60. The monoisotopic (exact) mass is 223 g/mol. The van der Waals surface area contributed by atoms with E-state index in [1.165, 1.54) is 0 Å². The van der Waals surface area contributed by atoms with Crippen molar-refractivity contribution in [3.8, 4) is 0 Å². The van der Waals surface area contributed by atoms with Crippen LogP contribution in [0.25, 0.3) is 0 Å². The first-order chi connectivity index (χ1) is 7.44. The van der Waals surface area contributed by atoms with Crippen molar-refractivity contribution in [3.05, 3.63) is 28.4 Å². The number of hydrogen-bond donors (Lipinski definition) is 1. The number of nitrogens with two attached hydrogens (primary N) is 1. The van der Waals surface area contributed by atoms with Gasteiger partial charge in [-0.25, -0.2) is 4.98 Å². The van der Waals surface area contributed by atoms with Gasteiger partial charge in [0.1, 0.15) is 0 Å². The maximum atomic E-state index is 11.6. The molecular weight excluding hydrogens is 202 g/mol. The van der Waals surface area contributed by atoms with E-state index < -0.39 is 0 Å². The van der Waals surface area contributed by atoms with Crippen molar-refractivity contribution < 1.29 is 0 Å². The van der Waals surface area contributed by atoms with E-state index >= 15 is 0 Å². The predicted molar refractivity (Wildman–Crippen MR) is 65.3 cm³/mol. The zero-order valence-corrected chi connectivity index (χ0v) is 10.4. The van der Waals surface area contributed by atoms with Gasteiger partial charge in [-0.3, -0.25) is 9.36 Å². The van der Waals surface area contributed by atoms with Gasteiger partial charge < -0.3 is 5.73 Å². The summed E-state index contributed by atoms with van der Waals surface area (Å²) < 4.78 is 1.65. The molecule has 0 aliphatic heterocycles. The van der Waals surface area contributed by atoms with Gasteiger partial charge in [-0.05, 0) is 31.7 Å². The molecule has 0 bridgehead atoms. The molecule has 4 nitrogen and oxygen atoms in total. The highest BCUT2D eigenvalue weighted by atomic mass is 16.1. The minimum atomic E-state index is 0.0260. The van der Waals surface area contributed by atoms with Crippen LogP contribution in [-0.4, -0.2) is 16.1 Å². The fourth-order valence-electron chi connectivity index (χ4n) is 1.51. The number of nitrogens with zero attached hydrogens (tertiary/aromatic N) is 2. The summed E-state index contributed by atoms with van der Waals surface area (Å²) in [5.74, 6) is 0. The van der Waals surface area contributed by atoms with Gasteiger partial charge in [-0.2, -0.15) is 0 Å². The number of hydrogen-bond acceptors (Lipinski definition) is 3. The highest BCUT2D eigenvalue weighted by Gasteiger charge is 2.14. The Bertz CT molecular complexity index is 395. The molecule has 0 fully saturated rings. The maximum Gasteiger partial charge on any atom is 0.253 e. The number of rotatable bonds is 5. The molecule has 0 aromatic carbocycles. The molecule has 0 radical (unpaired) electrons. The van der Waals surface area contributed by atoms with Gasteiger partial charge in [0, 0.05) is 18.3 Å². The van der Waals surface area contributed by atoms with Crippen molar-refractivity contribution in [2.75, 3.05) is 6.54 Å². The molecule has 16 heavy (non-hydrogen) atoms. The smallest absolute Gasteiger partial charge is 0.253 e. The van der Waals surface area contributed by atoms with Crippen LogP contribution in [0, 0.1) is 12.3 Å². The van der Waals surface area contributed by atoms with Crippen LogP contribution >= 0.6 is 0 Å². The van der Waals surface area contributed by atoms with Gasteiger partial charge in [0.2, 0.25) is 0 Å². The van der Waals surface area contributed by atoms with Crippen molar-refractivity contribution in [2.24, 2.45) is 11.1 Å². The topological polar surface area (TPSA) is 60.9 Å². The largest absolute Gasteiger partial charge is 0.330 e. The highest BCUT2D eigenvalue weighted by molar-refractivity contribution is 4.95. The first-order valence-electron chi connectivity index (χ1n) is 5.68. The molecule has 0 atom stereocenters. The molecule has 0 unspecified atom stereocenters. The second-order valence-electron chi connectivity index (χ2n) is 5.03. The summed E-state index contributed by atoms with van der Waals surface area (Å²) in [6.45, 7) is 7.50. The van der Waals surface area contributed by atoms with E-state index in [0.29, 0.717) is 6.54 Å². The Labute approximate surface area is 96.5 Å². The Morgan fingerprint density at radius 3 is 2.75 bits per heavy atom. The molecule has 0 amide bonds. The molecule has 0 saturated heterocycles. The molecule has 1 heterocycles. The van der Waals surface area contributed by atoms with Gasteiger partial charge in [-0.1, -0.05) is 13.8 Å². The van der Waals surface area contributed by atoms with E-state index in [4.69, 9.17) is 5.73 Å². The van der Waals surface area contributed by atoms with E-state index in [1.54, 1.807) is 17.0 Å². The zero-order valence-electron chi connectivity index (χ0n) is 10.4. The summed E-state index contributed by atoms with van der Waals surface area (Å²) in [7, 11) is 0. The Kier molecular flexibility index (Phi) is 4.24. The van der Waals surface area contributed by atoms with Crippen molar-refractivity contribution in [3.63, 3.8) is 0 Å². The minimum Gasteiger partial charge on any atom is -0.330 e. The van der Waals surface area contributed by atoms with Gasteiger partial charge >= 0.3 is 0 Å². The third kappa shape index (κ3) is 3.77. The van der Waals surface area contributed by atoms with Crippen LogP contribution < -0.4 is 11.3 Å². The second kappa shape index (κ2) is 5.25. The average Bonchev–Trinajstić information content (AvgIpc) is 2.21. The molecular formula is C12H21N3O. The lowest BCUT2D eigenvalue weighted by atomic mass is 9.88. The van der Waals surface area contributed by atoms with Crippen molar-refractivity contribution in [1.29, 1.82) is 0 Å². The normalized spacial score (nSPS) is 11.8. The van der Waals surface area contributed by atoms with E-state index in [2.05, 4.69) is 18.8 Å². The summed E-state index contributed by atoms with van der Waals surface area (Å²) in [5, 5.41) is 0. The molecule has 2 N–H and O–H groups in total. The molecule has 90 valence electrons. The van der Waals surface area contributed by atoms with Gasteiger partial charge in [0.25, 0.3) is 5.56 Å². The maximum absolute atomic E-state index is 11.6. The summed E-state index contributed by atoms with van der Waals surface area (Å²) >= 11 is 0. The van der Waals surface area contributed by atoms with Crippen molar-refractivity contribution >= 4 is 0 Å². The number of aryl methyl sites for hydroxylation is 2. The third-order valence-corrected chi connectivity index (χ3v) is 2.82. The average molecular weight is 223 g/mol. The predicted octanol–water partition coefficient (Wildman–Crippen LogP) is 1.32. The Morgan fingerprint density at radius 1 is 1.50 bits per heavy atom. The Morgan fingerprint density at radius 2 is 2.19 bits per heavy atom. The molecule has 0 spiro atoms. The van der Waals surface area contributed by atoms with Crippen LogP contribution in [0.2, 0.25) is 0 Å². The lowest BCUT2D eigenvalue weighted by molar-refractivity contribution is 0.326. The van der Waals surface area contributed by atoms with Crippen molar-refractivity contribution in [1.82, 2.24) is 9.55 Å². The van der Waals surface area contributed by atoms with Gasteiger partial charge in [-0.15, -0.1) is 0 Å². The van der Waals surface area contributed by atoms with Crippen molar-refractivity contribution in [2.45, 2.75) is 40.2 Å². The van der Waals surface area contributed by atoms with Crippen LogP contribution in [0.15, 0.2) is 17.2 Å². The zero-order chi connectivity index (χ0) is 12.2. The van der Waals surface area contributed by atoms with Crippen LogP contribution in [0.3, 0.4) is 0 Å². The van der Waals surface area contributed by atoms with Crippen LogP contribution in [0.1, 0.15) is 32.4 Å². The molecule has 0 saturated carbocycles. The van der Waals surface area contributed by atoms with Crippen LogP contribution in [0.5, 0.6) is 0 Å². The molecule has 1 aromatic rings. The first kappa shape index (κ1) is 12.9. The molecule has 0 aliphatic rings. The fraction of sp³-hybridized carbons (Fsp3) is 0.667. The molecule has 0 aliphatic carbocycles. The highest BCUT2D eigenvalue weighted by Crippen LogP contribution is 2.20.